The minimum atomic E-state index is 0.165. The Bertz CT molecular complexity index is 736. The fourth-order valence-electron chi connectivity index (χ4n) is 1.93. The van der Waals surface area contributed by atoms with Crippen LogP contribution in [0.2, 0.25) is 0 Å². The van der Waals surface area contributed by atoms with Crippen molar-refractivity contribution in [2.24, 2.45) is 10.2 Å². The van der Waals surface area contributed by atoms with Crippen LogP contribution in [0.3, 0.4) is 0 Å². The molecule has 19 heavy (non-hydrogen) atoms. The molecule has 3 nitrogen and oxygen atoms in total. The molecule has 0 atom stereocenters. The van der Waals surface area contributed by atoms with E-state index in [0.29, 0.717) is 5.69 Å². The van der Waals surface area contributed by atoms with Gasteiger partial charge in [0.15, 0.2) is 5.75 Å². The third-order valence-corrected chi connectivity index (χ3v) is 2.91. The van der Waals surface area contributed by atoms with Gasteiger partial charge >= 0.3 is 0 Å². The Morgan fingerprint density at radius 2 is 1.42 bits per heavy atom. The molecule has 1 N–H and O–H groups in total. The van der Waals surface area contributed by atoms with Crippen molar-refractivity contribution < 1.29 is 5.11 Å². The van der Waals surface area contributed by atoms with Crippen molar-refractivity contribution in [2.75, 3.05) is 0 Å². The Balaban J connectivity index is 2.02. The fourth-order valence-corrected chi connectivity index (χ4v) is 1.93. The van der Waals surface area contributed by atoms with Gasteiger partial charge in [-0.25, -0.2) is 0 Å². The van der Waals surface area contributed by atoms with Gasteiger partial charge in [-0.15, -0.1) is 5.11 Å². The van der Waals surface area contributed by atoms with Gasteiger partial charge in [-0.3, -0.25) is 0 Å². The zero-order valence-electron chi connectivity index (χ0n) is 10.2. The summed E-state index contributed by atoms with van der Waals surface area (Å²) in [6, 6.07) is 20.8. The molecule has 0 bridgehead atoms. The lowest BCUT2D eigenvalue weighted by molar-refractivity contribution is 0.482. The van der Waals surface area contributed by atoms with Gasteiger partial charge in [-0.2, -0.15) is 5.11 Å². The van der Waals surface area contributed by atoms with Crippen molar-refractivity contribution in [3.63, 3.8) is 0 Å². The minimum Gasteiger partial charge on any atom is -0.505 e. The first kappa shape index (κ1) is 11.4. The first-order chi connectivity index (χ1) is 9.34. The molecule has 0 radical (unpaired) electrons. The topological polar surface area (TPSA) is 45.0 Å². The van der Waals surface area contributed by atoms with Crippen LogP contribution in [0, 0.1) is 0 Å². The summed E-state index contributed by atoms with van der Waals surface area (Å²) in [6.45, 7) is 0. The van der Waals surface area contributed by atoms with Gasteiger partial charge in [-0.05, 0) is 23.6 Å². The van der Waals surface area contributed by atoms with E-state index in [2.05, 4.69) is 10.2 Å². The molecule has 0 unspecified atom stereocenters. The summed E-state index contributed by atoms with van der Waals surface area (Å²) < 4.78 is 0. The highest BCUT2D eigenvalue weighted by Gasteiger charge is 2.04. The van der Waals surface area contributed by atoms with Gasteiger partial charge in [0.25, 0.3) is 0 Å². The highest BCUT2D eigenvalue weighted by molar-refractivity contribution is 5.92. The highest BCUT2D eigenvalue weighted by Crippen LogP contribution is 2.35. The lowest BCUT2D eigenvalue weighted by Gasteiger charge is -2.02. The Morgan fingerprint density at radius 1 is 0.684 bits per heavy atom. The number of fused-ring (bicyclic) bond motifs is 1. The average Bonchev–Trinajstić information content (AvgIpc) is 2.48. The Hall–Kier alpha value is -2.68. The number of rotatable bonds is 2. The summed E-state index contributed by atoms with van der Waals surface area (Å²) in [4.78, 5) is 0. The molecule has 0 aliphatic carbocycles. The molecular formula is C16H12N2O. The summed E-state index contributed by atoms with van der Waals surface area (Å²) in [6.07, 6.45) is 0. The van der Waals surface area contributed by atoms with E-state index < -0.39 is 0 Å². The summed E-state index contributed by atoms with van der Waals surface area (Å²) in [5, 5.41) is 20.2. The van der Waals surface area contributed by atoms with Crippen molar-refractivity contribution in [3.05, 3.63) is 66.7 Å². The van der Waals surface area contributed by atoms with Crippen LogP contribution in [-0.4, -0.2) is 5.11 Å². The van der Waals surface area contributed by atoms with Crippen LogP contribution in [0.25, 0.3) is 10.8 Å². The first-order valence-electron chi connectivity index (χ1n) is 6.02. The molecule has 0 fully saturated rings. The fraction of sp³-hybridized carbons (Fsp3) is 0. The minimum absolute atomic E-state index is 0.165. The van der Waals surface area contributed by atoms with Crippen LogP contribution in [-0.2, 0) is 0 Å². The largest absolute Gasteiger partial charge is 0.505 e. The molecule has 0 saturated carbocycles. The van der Waals surface area contributed by atoms with Crippen LogP contribution in [0.5, 0.6) is 5.75 Å². The number of azo groups is 1. The number of aromatic hydroxyl groups is 1. The Kier molecular flexibility index (Phi) is 2.94. The van der Waals surface area contributed by atoms with E-state index in [0.717, 1.165) is 16.5 Å². The summed E-state index contributed by atoms with van der Waals surface area (Å²) in [5.41, 5.74) is 1.23. The van der Waals surface area contributed by atoms with Crippen LogP contribution < -0.4 is 0 Å². The maximum Gasteiger partial charge on any atom is 0.150 e. The van der Waals surface area contributed by atoms with Crippen molar-refractivity contribution in [3.8, 4) is 5.75 Å². The maximum absolute atomic E-state index is 10.2. The van der Waals surface area contributed by atoms with Gasteiger partial charge in [0.1, 0.15) is 5.69 Å². The number of nitrogens with zero attached hydrogens (tertiary/aromatic N) is 2. The van der Waals surface area contributed by atoms with Gasteiger partial charge in [-0.1, -0.05) is 48.5 Å². The molecule has 0 aromatic heterocycles. The SMILES string of the molecule is Oc1c(N=Nc2ccccc2)ccc2ccccc12. The molecule has 3 heteroatoms. The molecule has 3 aromatic rings. The third kappa shape index (κ3) is 2.31. The molecular weight excluding hydrogens is 236 g/mol. The second-order valence-electron chi connectivity index (χ2n) is 4.19. The molecule has 92 valence electrons. The maximum atomic E-state index is 10.2. The molecule has 0 amide bonds. The zero-order valence-corrected chi connectivity index (χ0v) is 10.2. The monoisotopic (exact) mass is 248 g/mol. The average molecular weight is 248 g/mol. The lowest BCUT2D eigenvalue weighted by Crippen LogP contribution is -1.74. The van der Waals surface area contributed by atoms with Gasteiger partial charge < -0.3 is 5.11 Å². The predicted molar refractivity (Wildman–Crippen MR) is 76.2 cm³/mol. The van der Waals surface area contributed by atoms with Gasteiger partial charge in [0.05, 0.1) is 5.69 Å². The van der Waals surface area contributed by atoms with E-state index in [1.807, 2.05) is 60.7 Å². The molecule has 0 spiro atoms. The smallest absolute Gasteiger partial charge is 0.150 e. The number of hydrogen-bond acceptors (Lipinski definition) is 3. The molecule has 0 heterocycles. The van der Waals surface area contributed by atoms with Crippen molar-refractivity contribution >= 4 is 22.1 Å². The molecule has 0 aliphatic rings. The van der Waals surface area contributed by atoms with Crippen LogP contribution >= 0.6 is 0 Å². The number of phenolic OH excluding ortho intramolecular Hbond substituents is 1. The quantitative estimate of drug-likeness (QED) is 0.640. The number of phenols is 1. The van der Waals surface area contributed by atoms with E-state index in [4.69, 9.17) is 0 Å². The summed E-state index contributed by atoms with van der Waals surface area (Å²) in [5.74, 6) is 0.165. The molecule has 0 aliphatic heterocycles. The van der Waals surface area contributed by atoms with E-state index in [1.54, 1.807) is 6.07 Å². The second-order valence-corrected chi connectivity index (χ2v) is 4.19. The second kappa shape index (κ2) is 4.90. The van der Waals surface area contributed by atoms with Crippen molar-refractivity contribution in [1.82, 2.24) is 0 Å². The van der Waals surface area contributed by atoms with E-state index in [-0.39, 0.29) is 5.75 Å². The van der Waals surface area contributed by atoms with E-state index in [9.17, 15) is 5.11 Å². The number of benzene rings is 3. The normalized spacial score (nSPS) is 11.2. The molecule has 3 rings (SSSR count). The zero-order chi connectivity index (χ0) is 13.1. The first-order valence-corrected chi connectivity index (χ1v) is 6.02. The van der Waals surface area contributed by atoms with Gasteiger partial charge in [0.2, 0.25) is 0 Å². The summed E-state index contributed by atoms with van der Waals surface area (Å²) in [7, 11) is 0. The lowest BCUT2D eigenvalue weighted by atomic mass is 10.1. The third-order valence-electron chi connectivity index (χ3n) is 2.91. The van der Waals surface area contributed by atoms with Crippen molar-refractivity contribution in [2.45, 2.75) is 0 Å². The summed E-state index contributed by atoms with van der Waals surface area (Å²) >= 11 is 0. The van der Waals surface area contributed by atoms with Gasteiger partial charge in [0, 0.05) is 5.39 Å². The highest BCUT2D eigenvalue weighted by atomic mass is 16.3. The van der Waals surface area contributed by atoms with E-state index >= 15 is 0 Å². The standard InChI is InChI=1S/C16H12N2O/c19-16-14-9-5-4-6-12(14)10-11-15(16)18-17-13-7-2-1-3-8-13/h1-11,19H. The van der Waals surface area contributed by atoms with Crippen LogP contribution in [0.4, 0.5) is 11.4 Å². The predicted octanol–water partition coefficient (Wildman–Crippen LogP) is 4.96. The van der Waals surface area contributed by atoms with E-state index in [1.165, 1.54) is 0 Å². The molecule has 0 saturated heterocycles. The van der Waals surface area contributed by atoms with Crippen LogP contribution in [0.15, 0.2) is 77.0 Å². The Labute approximate surface area is 110 Å². The number of hydrogen-bond donors (Lipinski definition) is 1. The van der Waals surface area contributed by atoms with Crippen molar-refractivity contribution in [1.29, 1.82) is 0 Å². The molecule has 3 aromatic carbocycles. The Morgan fingerprint density at radius 3 is 2.26 bits per heavy atom. The van der Waals surface area contributed by atoms with Crippen LogP contribution in [0.1, 0.15) is 0 Å².